The molecule has 102 valence electrons. The summed E-state index contributed by atoms with van der Waals surface area (Å²) in [6, 6.07) is 1.90. The van der Waals surface area contributed by atoms with Gasteiger partial charge in [-0.05, 0) is 17.7 Å². The van der Waals surface area contributed by atoms with E-state index in [-0.39, 0.29) is 5.56 Å². The summed E-state index contributed by atoms with van der Waals surface area (Å²) in [6.07, 6.45) is 1.48. The third kappa shape index (κ3) is 3.24. The molecule has 0 saturated carbocycles. The summed E-state index contributed by atoms with van der Waals surface area (Å²) in [5.41, 5.74) is 0.258. The number of thiazole rings is 1. The maximum Gasteiger partial charge on any atom is 0.194 e. The molecule has 0 aliphatic heterocycles. The van der Waals surface area contributed by atoms with E-state index in [1.165, 1.54) is 17.5 Å². The summed E-state index contributed by atoms with van der Waals surface area (Å²) in [4.78, 5) is 4.61. The molecule has 0 bridgehead atoms. The lowest BCUT2D eigenvalue weighted by Crippen LogP contribution is -2.06. The van der Waals surface area contributed by atoms with Gasteiger partial charge in [0.05, 0.1) is 11.5 Å². The zero-order valence-electron chi connectivity index (χ0n) is 10.0. The lowest BCUT2D eigenvalue weighted by molar-refractivity contribution is 0.211. The van der Waals surface area contributed by atoms with Crippen molar-refractivity contribution in [2.24, 2.45) is 0 Å². The summed E-state index contributed by atoms with van der Waals surface area (Å²) in [5.74, 6) is -3.89. The molecule has 2 aromatic rings. The molecule has 2 rings (SSSR count). The van der Waals surface area contributed by atoms with Crippen molar-refractivity contribution in [2.75, 3.05) is 25.6 Å². The van der Waals surface area contributed by atoms with Crippen molar-refractivity contribution in [3.8, 4) is 10.4 Å². The Morgan fingerprint density at radius 1 is 1.26 bits per heavy atom. The van der Waals surface area contributed by atoms with Crippen LogP contribution in [0.15, 0.2) is 18.3 Å². The molecule has 0 spiro atoms. The van der Waals surface area contributed by atoms with Crippen LogP contribution in [0.25, 0.3) is 10.4 Å². The fraction of sp³-hybridized carbons (Fsp3) is 0.250. The second-order valence-electron chi connectivity index (χ2n) is 3.70. The van der Waals surface area contributed by atoms with Crippen molar-refractivity contribution in [2.45, 2.75) is 0 Å². The van der Waals surface area contributed by atoms with Gasteiger partial charge in [-0.3, -0.25) is 0 Å². The number of hydrogen-bond donors (Lipinski definition) is 1. The third-order valence-electron chi connectivity index (χ3n) is 2.36. The van der Waals surface area contributed by atoms with Gasteiger partial charge in [-0.15, -0.1) is 0 Å². The van der Waals surface area contributed by atoms with E-state index in [2.05, 4.69) is 10.3 Å². The molecular formula is C12H11F3N2OS. The molecule has 0 unspecified atom stereocenters. The molecule has 1 heterocycles. The monoisotopic (exact) mass is 288 g/mol. The number of ether oxygens (including phenoxy) is 1. The molecule has 1 aromatic heterocycles. The lowest BCUT2D eigenvalue weighted by Gasteiger charge is -2.01. The van der Waals surface area contributed by atoms with Crippen LogP contribution in [0.2, 0.25) is 0 Å². The minimum absolute atomic E-state index is 0.258. The highest BCUT2D eigenvalue weighted by atomic mass is 32.1. The predicted octanol–water partition coefficient (Wildman–Crippen LogP) is 3.29. The van der Waals surface area contributed by atoms with Crippen molar-refractivity contribution in [1.82, 2.24) is 4.98 Å². The van der Waals surface area contributed by atoms with E-state index in [1.807, 2.05) is 0 Å². The molecule has 1 N–H and O–H groups in total. The molecule has 0 radical (unpaired) electrons. The minimum atomic E-state index is -1.47. The standard InChI is InChI=1S/C12H11F3N2OS/c1-18-3-2-16-12-17-6-10(19-12)7-4-8(13)11(15)9(14)5-7/h4-6H,2-3H2,1H3,(H,16,17). The van der Waals surface area contributed by atoms with Crippen LogP contribution in [-0.2, 0) is 4.74 Å². The van der Waals surface area contributed by atoms with Gasteiger partial charge in [0.1, 0.15) is 0 Å². The topological polar surface area (TPSA) is 34.1 Å². The number of halogens is 3. The van der Waals surface area contributed by atoms with Crippen molar-refractivity contribution in [3.63, 3.8) is 0 Å². The maximum absolute atomic E-state index is 13.1. The minimum Gasteiger partial charge on any atom is -0.383 e. The Morgan fingerprint density at radius 3 is 2.58 bits per heavy atom. The Morgan fingerprint density at radius 2 is 1.95 bits per heavy atom. The number of nitrogens with one attached hydrogen (secondary N) is 1. The average Bonchev–Trinajstić information content (AvgIpc) is 2.84. The van der Waals surface area contributed by atoms with Gasteiger partial charge < -0.3 is 10.1 Å². The van der Waals surface area contributed by atoms with E-state index < -0.39 is 17.5 Å². The Kier molecular flexibility index (Phi) is 4.39. The van der Waals surface area contributed by atoms with Crippen LogP contribution >= 0.6 is 11.3 Å². The molecule has 3 nitrogen and oxygen atoms in total. The van der Waals surface area contributed by atoms with Crippen LogP contribution in [0.3, 0.4) is 0 Å². The molecule has 0 fully saturated rings. The number of anilines is 1. The maximum atomic E-state index is 13.1. The zero-order chi connectivity index (χ0) is 13.8. The fourth-order valence-corrected chi connectivity index (χ4v) is 2.28. The number of rotatable bonds is 5. The second kappa shape index (κ2) is 6.03. The third-order valence-corrected chi connectivity index (χ3v) is 3.36. The molecule has 0 saturated heterocycles. The van der Waals surface area contributed by atoms with Crippen molar-refractivity contribution in [3.05, 3.63) is 35.8 Å². The van der Waals surface area contributed by atoms with Gasteiger partial charge in [0.15, 0.2) is 22.6 Å². The van der Waals surface area contributed by atoms with Crippen LogP contribution in [0.4, 0.5) is 18.3 Å². The molecule has 7 heteroatoms. The largest absolute Gasteiger partial charge is 0.383 e. The fourth-order valence-electron chi connectivity index (χ4n) is 1.45. The number of hydrogen-bond acceptors (Lipinski definition) is 4. The van der Waals surface area contributed by atoms with Crippen LogP contribution in [0, 0.1) is 17.5 Å². The first-order valence-electron chi connectivity index (χ1n) is 5.45. The van der Waals surface area contributed by atoms with Crippen molar-refractivity contribution >= 4 is 16.5 Å². The number of benzene rings is 1. The van der Waals surface area contributed by atoms with Crippen LogP contribution in [0.5, 0.6) is 0 Å². The van der Waals surface area contributed by atoms with Crippen molar-refractivity contribution in [1.29, 1.82) is 0 Å². The Bertz CT molecular complexity index is 551. The highest BCUT2D eigenvalue weighted by Crippen LogP contribution is 2.30. The molecule has 0 aliphatic rings. The Hall–Kier alpha value is -1.60. The lowest BCUT2D eigenvalue weighted by atomic mass is 10.2. The van der Waals surface area contributed by atoms with Gasteiger partial charge in [-0.25, -0.2) is 18.2 Å². The summed E-state index contributed by atoms with van der Waals surface area (Å²) >= 11 is 1.23. The van der Waals surface area contributed by atoms with Gasteiger partial charge in [0.2, 0.25) is 0 Å². The van der Waals surface area contributed by atoms with Crippen LogP contribution < -0.4 is 5.32 Å². The van der Waals surface area contributed by atoms with Gasteiger partial charge in [-0.2, -0.15) is 0 Å². The Balaban J connectivity index is 2.18. The van der Waals surface area contributed by atoms with E-state index in [0.717, 1.165) is 12.1 Å². The van der Waals surface area contributed by atoms with E-state index >= 15 is 0 Å². The Labute approximate surface area is 112 Å². The second-order valence-corrected chi connectivity index (χ2v) is 4.73. The summed E-state index contributed by atoms with van der Waals surface area (Å²) in [5, 5.41) is 3.61. The van der Waals surface area contributed by atoms with E-state index in [1.54, 1.807) is 7.11 Å². The highest BCUT2D eigenvalue weighted by Gasteiger charge is 2.13. The highest BCUT2D eigenvalue weighted by molar-refractivity contribution is 7.18. The van der Waals surface area contributed by atoms with E-state index in [9.17, 15) is 13.2 Å². The average molecular weight is 288 g/mol. The summed E-state index contributed by atoms with van der Waals surface area (Å²) in [7, 11) is 1.58. The normalized spacial score (nSPS) is 10.7. The molecule has 0 atom stereocenters. The van der Waals surface area contributed by atoms with E-state index in [0.29, 0.717) is 23.2 Å². The van der Waals surface area contributed by atoms with E-state index in [4.69, 9.17) is 4.74 Å². The predicted molar refractivity (Wildman–Crippen MR) is 67.8 cm³/mol. The molecule has 0 amide bonds. The molecular weight excluding hydrogens is 277 g/mol. The quantitative estimate of drug-likeness (QED) is 0.677. The summed E-state index contributed by atoms with van der Waals surface area (Å²) < 4.78 is 44.0. The molecule has 19 heavy (non-hydrogen) atoms. The first-order valence-corrected chi connectivity index (χ1v) is 6.27. The van der Waals surface area contributed by atoms with Gasteiger partial charge >= 0.3 is 0 Å². The van der Waals surface area contributed by atoms with Crippen LogP contribution in [-0.4, -0.2) is 25.2 Å². The first-order chi connectivity index (χ1) is 9.11. The molecule has 1 aromatic carbocycles. The first kappa shape index (κ1) is 13.8. The SMILES string of the molecule is COCCNc1ncc(-c2cc(F)c(F)c(F)c2)s1. The summed E-state index contributed by atoms with van der Waals surface area (Å²) in [6.45, 7) is 1.10. The number of methoxy groups -OCH3 is 1. The smallest absolute Gasteiger partial charge is 0.194 e. The van der Waals surface area contributed by atoms with Crippen molar-refractivity contribution < 1.29 is 17.9 Å². The van der Waals surface area contributed by atoms with Gasteiger partial charge in [-0.1, -0.05) is 11.3 Å². The van der Waals surface area contributed by atoms with Gasteiger partial charge in [0.25, 0.3) is 0 Å². The number of aromatic nitrogens is 1. The van der Waals surface area contributed by atoms with Gasteiger partial charge in [0, 0.05) is 19.9 Å². The van der Waals surface area contributed by atoms with Crippen LogP contribution in [0.1, 0.15) is 0 Å². The number of nitrogens with zero attached hydrogens (tertiary/aromatic N) is 1. The zero-order valence-corrected chi connectivity index (χ0v) is 10.9. The molecule has 0 aliphatic carbocycles.